The number of nitrogens with one attached hydrogen (secondary N) is 1. The largest absolute Gasteiger partial charge is 0.373 e. The van der Waals surface area contributed by atoms with Gasteiger partial charge in [-0.05, 0) is 31.0 Å². The van der Waals surface area contributed by atoms with Crippen LogP contribution in [0.4, 0.5) is 14.5 Å². The van der Waals surface area contributed by atoms with Gasteiger partial charge in [-0.2, -0.15) is 0 Å². The van der Waals surface area contributed by atoms with Gasteiger partial charge in [0.15, 0.2) is 5.82 Å². The minimum atomic E-state index is -0.715. The summed E-state index contributed by atoms with van der Waals surface area (Å²) in [5.74, 6) is -1.40. The van der Waals surface area contributed by atoms with Gasteiger partial charge in [-0.25, -0.2) is 8.78 Å². The van der Waals surface area contributed by atoms with Crippen molar-refractivity contribution in [1.82, 2.24) is 9.88 Å². The highest BCUT2D eigenvalue weighted by molar-refractivity contribution is 5.94. The normalized spacial score (nSPS) is 16.9. The third-order valence-corrected chi connectivity index (χ3v) is 4.88. The maximum atomic E-state index is 13.9. The first kappa shape index (κ1) is 17.4. The molecule has 1 saturated heterocycles. The van der Waals surface area contributed by atoms with E-state index >= 15 is 0 Å². The maximum absolute atomic E-state index is 13.9. The van der Waals surface area contributed by atoms with E-state index in [1.807, 2.05) is 31.2 Å². The molecule has 6 heteroatoms. The topological polar surface area (TPSA) is 45.2 Å². The molecule has 0 spiro atoms. The summed E-state index contributed by atoms with van der Waals surface area (Å²) in [5, 5.41) is 3.48. The zero-order chi connectivity index (χ0) is 19.0. The van der Waals surface area contributed by atoms with Crippen molar-refractivity contribution >= 4 is 22.5 Å². The number of hydrogen-bond acceptors (Lipinski definition) is 3. The van der Waals surface area contributed by atoms with Gasteiger partial charge in [0.05, 0.1) is 0 Å². The van der Waals surface area contributed by atoms with Gasteiger partial charge in [-0.1, -0.05) is 29.8 Å². The fraction of sp³-hybridized carbons (Fsp3) is 0.238. The second-order valence-electron chi connectivity index (χ2n) is 6.87. The Morgan fingerprint density at radius 3 is 2.74 bits per heavy atom. The fourth-order valence-corrected chi connectivity index (χ4v) is 3.44. The molecule has 1 fully saturated rings. The number of anilines is 1. The van der Waals surface area contributed by atoms with E-state index in [4.69, 9.17) is 0 Å². The van der Waals surface area contributed by atoms with Crippen molar-refractivity contribution in [2.45, 2.75) is 25.9 Å². The number of carbonyl (C=O) groups is 1. The molecule has 1 unspecified atom stereocenters. The summed E-state index contributed by atoms with van der Waals surface area (Å²) in [6.45, 7) is 3.21. The minimum absolute atomic E-state index is 0.0163. The van der Waals surface area contributed by atoms with Crippen LogP contribution in [0.2, 0.25) is 0 Å². The Kier molecular flexibility index (Phi) is 4.48. The van der Waals surface area contributed by atoms with E-state index in [1.54, 1.807) is 11.0 Å². The van der Waals surface area contributed by atoms with E-state index in [0.29, 0.717) is 30.6 Å². The van der Waals surface area contributed by atoms with Crippen molar-refractivity contribution in [3.8, 4) is 0 Å². The van der Waals surface area contributed by atoms with Crippen LogP contribution < -0.4 is 5.32 Å². The molecule has 1 atom stereocenters. The summed E-state index contributed by atoms with van der Waals surface area (Å²) >= 11 is 0. The highest BCUT2D eigenvalue weighted by atomic mass is 19.1. The molecule has 0 aliphatic carbocycles. The third kappa shape index (κ3) is 3.47. The molecule has 0 bridgehead atoms. The molecule has 138 valence electrons. The summed E-state index contributed by atoms with van der Waals surface area (Å²) in [4.78, 5) is 18.5. The van der Waals surface area contributed by atoms with E-state index < -0.39 is 17.7 Å². The molecule has 27 heavy (non-hydrogen) atoms. The first-order valence-corrected chi connectivity index (χ1v) is 8.86. The van der Waals surface area contributed by atoms with Gasteiger partial charge in [-0.3, -0.25) is 9.78 Å². The lowest BCUT2D eigenvalue weighted by Crippen LogP contribution is -2.33. The van der Waals surface area contributed by atoms with E-state index in [1.165, 1.54) is 17.8 Å². The number of aromatic nitrogens is 1. The molecule has 1 aliphatic rings. The van der Waals surface area contributed by atoms with Crippen molar-refractivity contribution < 1.29 is 13.6 Å². The van der Waals surface area contributed by atoms with Crippen molar-refractivity contribution in [3.05, 3.63) is 71.4 Å². The maximum Gasteiger partial charge on any atom is 0.245 e. The van der Waals surface area contributed by atoms with Crippen molar-refractivity contribution in [2.75, 3.05) is 11.9 Å². The van der Waals surface area contributed by atoms with Crippen molar-refractivity contribution in [1.29, 1.82) is 0 Å². The molecule has 1 aliphatic heterocycles. The van der Waals surface area contributed by atoms with Crippen LogP contribution in [0, 0.1) is 18.6 Å². The van der Waals surface area contributed by atoms with Crippen LogP contribution in [-0.2, 0) is 11.3 Å². The molecular weight excluding hydrogens is 348 g/mol. The van der Waals surface area contributed by atoms with Crippen molar-refractivity contribution in [3.63, 3.8) is 0 Å². The Morgan fingerprint density at radius 1 is 1.19 bits per heavy atom. The highest BCUT2D eigenvalue weighted by Gasteiger charge is 2.31. The van der Waals surface area contributed by atoms with Gasteiger partial charge in [0.2, 0.25) is 5.91 Å². The highest BCUT2D eigenvalue weighted by Crippen LogP contribution is 2.27. The number of likely N-dealkylation sites (tertiary alicyclic amines) is 1. The van der Waals surface area contributed by atoms with Crippen LogP contribution >= 0.6 is 0 Å². The zero-order valence-electron chi connectivity index (χ0n) is 14.9. The summed E-state index contributed by atoms with van der Waals surface area (Å²) in [6, 6.07) is 11.3. The molecule has 2 heterocycles. The molecule has 4 rings (SSSR count). The number of amides is 1. The predicted octanol–water partition coefficient (Wildman–Crippen LogP) is 4.03. The number of pyridine rings is 1. The number of carbonyl (C=O) groups excluding carboxylic acids is 1. The Labute approximate surface area is 155 Å². The Bertz CT molecular complexity index is 1000. The summed E-state index contributed by atoms with van der Waals surface area (Å²) in [7, 11) is 0. The third-order valence-electron chi connectivity index (χ3n) is 4.88. The van der Waals surface area contributed by atoms with E-state index in [-0.39, 0.29) is 11.4 Å². The average molecular weight is 367 g/mol. The Hall–Kier alpha value is -3.02. The van der Waals surface area contributed by atoms with Gasteiger partial charge >= 0.3 is 0 Å². The first-order chi connectivity index (χ1) is 13.0. The standard InChI is InChI=1S/C21H19F2N3O/c1-13-2-4-14(5-3-13)12-26-9-7-19(21(26)27)25-18-6-8-24-20-16(18)10-15(22)11-17(20)23/h2-6,8,10-11,19H,7,9,12H2,1H3,(H,24,25). The number of hydrogen-bond donors (Lipinski definition) is 1. The van der Waals surface area contributed by atoms with Crippen LogP contribution in [0.25, 0.3) is 10.9 Å². The van der Waals surface area contributed by atoms with Crippen molar-refractivity contribution in [2.24, 2.45) is 0 Å². The quantitative estimate of drug-likeness (QED) is 0.757. The molecule has 2 aromatic carbocycles. The summed E-state index contributed by atoms with van der Waals surface area (Å²) < 4.78 is 27.6. The number of halogens is 2. The molecule has 0 radical (unpaired) electrons. The van der Waals surface area contributed by atoms with E-state index in [2.05, 4.69) is 10.3 Å². The van der Waals surface area contributed by atoms with Gasteiger partial charge < -0.3 is 10.2 Å². The zero-order valence-corrected chi connectivity index (χ0v) is 14.9. The van der Waals surface area contributed by atoms with E-state index in [0.717, 1.165) is 11.6 Å². The molecule has 4 nitrogen and oxygen atoms in total. The molecule has 1 aromatic heterocycles. The van der Waals surface area contributed by atoms with Gasteiger partial charge in [0, 0.05) is 36.4 Å². The number of rotatable bonds is 4. The molecule has 3 aromatic rings. The SMILES string of the molecule is Cc1ccc(CN2CCC(Nc3ccnc4c(F)cc(F)cc34)C2=O)cc1. The number of benzene rings is 2. The van der Waals surface area contributed by atoms with Crippen LogP contribution in [0.15, 0.2) is 48.7 Å². The van der Waals surface area contributed by atoms with Crippen LogP contribution in [0.1, 0.15) is 17.5 Å². The fourth-order valence-electron chi connectivity index (χ4n) is 3.44. The first-order valence-electron chi connectivity index (χ1n) is 8.86. The van der Waals surface area contributed by atoms with Crippen LogP contribution in [0.3, 0.4) is 0 Å². The monoisotopic (exact) mass is 367 g/mol. The lowest BCUT2D eigenvalue weighted by atomic mass is 10.1. The number of aryl methyl sites for hydroxylation is 1. The molecule has 1 N–H and O–H groups in total. The number of nitrogens with zero attached hydrogens (tertiary/aromatic N) is 2. The van der Waals surface area contributed by atoms with Gasteiger partial charge in [0.25, 0.3) is 0 Å². The second-order valence-corrected chi connectivity index (χ2v) is 6.87. The summed E-state index contributed by atoms with van der Waals surface area (Å²) in [5.41, 5.74) is 2.85. The smallest absolute Gasteiger partial charge is 0.245 e. The van der Waals surface area contributed by atoms with Gasteiger partial charge in [0.1, 0.15) is 17.4 Å². The van der Waals surface area contributed by atoms with Gasteiger partial charge in [-0.15, -0.1) is 0 Å². The Balaban J connectivity index is 1.53. The molecule has 1 amide bonds. The molecule has 0 saturated carbocycles. The Morgan fingerprint density at radius 2 is 1.96 bits per heavy atom. The molecular formula is C21H19F2N3O. The lowest BCUT2D eigenvalue weighted by Gasteiger charge is -2.18. The number of fused-ring (bicyclic) bond motifs is 1. The van der Waals surface area contributed by atoms with Crippen LogP contribution in [0.5, 0.6) is 0 Å². The summed E-state index contributed by atoms with van der Waals surface area (Å²) in [6.07, 6.45) is 2.08. The van der Waals surface area contributed by atoms with Crippen LogP contribution in [-0.4, -0.2) is 28.4 Å². The lowest BCUT2D eigenvalue weighted by molar-refractivity contribution is -0.128. The predicted molar refractivity (Wildman–Crippen MR) is 100 cm³/mol. The van der Waals surface area contributed by atoms with E-state index in [9.17, 15) is 13.6 Å². The average Bonchev–Trinajstić information content (AvgIpc) is 2.98. The minimum Gasteiger partial charge on any atom is -0.373 e. The second kappa shape index (κ2) is 6.95.